The number of para-hydroxylation sites is 1. The van der Waals surface area contributed by atoms with Crippen LogP contribution in [0.1, 0.15) is 31.4 Å². The number of amides is 1. The molecule has 4 heterocycles. The molecule has 1 aromatic carbocycles. The van der Waals surface area contributed by atoms with Gasteiger partial charge in [0.1, 0.15) is 5.84 Å². The summed E-state index contributed by atoms with van der Waals surface area (Å²) < 4.78 is 0. The highest BCUT2D eigenvalue weighted by Crippen LogP contribution is 2.24. The average Bonchev–Trinajstić information content (AvgIpc) is 2.83. The Bertz CT molecular complexity index is 1140. The summed E-state index contributed by atoms with van der Waals surface area (Å²) in [4.78, 5) is 28.4. The number of benzene rings is 1. The van der Waals surface area contributed by atoms with Crippen LogP contribution in [0.15, 0.2) is 70.2 Å². The van der Waals surface area contributed by atoms with E-state index in [2.05, 4.69) is 40.3 Å². The maximum absolute atomic E-state index is 12.7. The van der Waals surface area contributed by atoms with Crippen molar-refractivity contribution >= 4 is 28.5 Å². The summed E-state index contributed by atoms with van der Waals surface area (Å²) in [5.74, 6) is 2.26. The van der Waals surface area contributed by atoms with Crippen LogP contribution in [0.4, 0.5) is 0 Å². The second-order valence-corrected chi connectivity index (χ2v) is 8.95. The van der Waals surface area contributed by atoms with E-state index in [1.165, 1.54) is 5.39 Å². The molecule has 1 atom stereocenters. The fourth-order valence-corrected chi connectivity index (χ4v) is 4.74. The molecule has 164 valence electrons. The van der Waals surface area contributed by atoms with E-state index in [0.29, 0.717) is 18.3 Å². The van der Waals surface area contributed by atoms with E-state index in [1.807, 2.05) is 23.1 Å². The molecule has 6 nitrogen and oxygen atoms in total. The lowest BCUT2D eigenvalue weighted by Gasteiger charge is -2.31. The first-order valence-corrected chi connectivity index (χ1v) is 11.5. The SMILES string of the molecule is NC1=NC2=NC[C@@H](/C=C/C(=O)N3CCC(Cc4ccc5ccccc5n4)CC3)C=C2CC1. The van der Waals surface area contributed by atoms with Crippen molar-refractivity contribution in [2.24, 2.45) is 27.6 Å². The topological polar surface area (TPSA) is 83.9 Å². The predicted molar refractivity (Wildman–Crippen MR) is 129 cm³/mol. The fraction of sp³-hybridized carbons (Fsp3) is 0.385. The molecule has 0 radical (unpaired) electrons. The van der Waals surface area contributed by atoms with E-state index in [9.17, 15) is 4.79 Å². The number of rotatable bonds is 4. The van der Waals surface area contributed by atoms with Crippen LogP contribution < -0.4 is 5.73 Å². The smallest absolute Gasteiger partial charge is 0.246 e. The second kappa shape index (κ2) is 9.07. The quantitative estimate of drug-likeness (QED) is 0.756. The number of nitrogens with zero attached hydrogens (tertiary/aromatic N) is 4. The molecule has 0 spiro atoms. The van der Waals surface area contributed by atoms with E-state index in [-0.39, 0.29) is 11.8 Å². The van der Waals surface area contributed by atoms with Gasteiger partial charge in [-0.2, -0.15) is 0 Å². The molecular weight excluding hydrogens is 398 g/mol. The van der Waals surface area contributed by atoms with Gasteiger partial charge in [-0.05, 0) is 55.4 Å². The Labute approximate surface area is 188 Å². The first kappa shape index (κ1) is 20.6. The molecule has 3 aliphatic rings. The Balaban J connectivity index is 1.12. The van der Waals surface area contributed by atoms with Crippen LogP contribution in [0.2, 0.25) is 0 Å². The zero-order valence-electron chi connectivity index (χ0n) is 18.3. The molecule has 1 aromatic heterocycles. The van der Waals surface area contributed by atoms with E-state index in [0.717, 1.165) is 67.8 Å². The maximum Gasteiger partial charge on any atom is 0.246 e. The molecule has 1 fully saturated rings. The Morgan fingerprint density at radius 1 is 1.12 bits per heavy atom. The number of carbonyl (C=O) groups excluding carboxylic acids is 1. The molecule has 1 saturated heterocycles. The maximum atomic E-state index is 12.7. The van der Waals surface area contributed by atoms with E-state index >= 15 is 0 Å². The largest absolute Gasteiger partial charge is 0.387 e. The first-order valence-electron chi connectivity index (χ1n) is 11.5. The summed E-state index contributed by atoms with van der Waals surface area (Å²) in [5.41, 5.74) is 9.16. The highest BCUT2D eigenvalue weighted by molar-refractivity contribution is 6.08. The van der Waals surface area contributed by atoms with Gasteiger partial charge in [-0.1, -0.05) is 36.4 Å². The van der Waals surface area contributed by atoms with Crippen molar-refractivity contribution in [2.75, 3.05) is 19.6 Å². The van der Waals surface area contributed by atoms with Crippen molar-refractivity contribution in [3.63, 3.8) is 0 Å². The van der Waals surface area contributed by atoms with E-state index < -0.39 is 0 Å². The number of amidine groups is 2. The van der Waals surface area contributed by atoms with Crippen molar-refractivity contribution in [3.05, 3.63) is 65.9 Å². The normalized spacial score (nSPS) is 21.8. The van der Waals surface area contributed by atoms with Crippen LogP contribution in [0.25, 0.3) is 10.9 Å². The number of carbonyl (C=O) groups is 1. The zero-order valence-corrected chi connectivity index (χ0v) is 18.3. The number of fused-ring (bicyclic) bond motifs is 2. The van der Waals surface area contributed by atoms with Crippen LogP contribution in [0.5, 0.6) is 0 Å². The number of dihydropyridines is 1. The molecule has 0 bridgehead atoms. The first-order chi connectivity index (χ1) is 15.6. The highest BCUT2D eigenvalue weighted by Gasteiger charge is 2.23. The van der Waals surface area contributed by atoms with Gasteiger partial charge in [-0.25, -0.2) is 4.99 Å². The summed E-state index contributed by atoms with van der Waals surface area (Å²) in [6.07, 6.45) is 10.6. The van der Waals surface area contributed by atoms with Gasteiger partial charge in [0.25, 0.3) is 0 Å². The number of aromatic nitrogens is 1. The van der Waals surface area contributed by atoms with Crippen molar-refractivity contribution in [1.29, 1.82) is 0 Å². The second-order valence-electron chi connectivity index (χ2n) is 8.95. The third-order valence-electron chi connectivity index (χ3n) is 6.62. The number of pyridine rings is 1. The Kier molecular flexibility index (Phi) is 5.84. The van der Waals surface area contributed by atoms with Crippen molar-refractivity contribution in [1.82, 2.24) is 9.88 Å². The third-order valence-corrected chi connectivity index (χ3v) is 6.62. The molecule has 0 aliphatic carbocycles. The van der Waals surface area contributed by atoms with Crippen LogP contribution in [-0.2, 0) is 11.2 Å². The minimum absolute atomic E-state index is 0.103. The van der Waals surface area contributed by atoms with E-state index in [4.69, 9.17) is 10.7 Å². The number of likely N-dealkylation sites (tertiary alicyclic amines) is 1. The lowest BCUT2D eigenvalue weighted by Crippen LogP contribution is -2.38. The Morgan fingerprint density at radius 2 is 1.97 bits per heavy atom. The van der Waals surface area contributed by atoms with Gasteiger partial charge in [0.15, 0.2) is 5.84 Å². The third kappa shape index (κ3) is 4.64. The van der Waals surface area contributed by atoms with Crippen molar-refractivity contribution in [2.45, 2.75) is 32.1 Å². The van der Waals surface area contributed by atoms with Gasteiger partial charge in [0, 0.05) is 36.5 Å². The minimum atomic E-state index is 0.103. The van der Waals surface area contributed by atoms with Gasteiger partial charge in [0.2, 0.25) is 5.91 Å². The molecule has 32 heavy (non-hydrogen) atoms. The summed E-state index contributed by atoms with van der Waals surface area (Å²) >= 11 is 0. The van der Waals surface area contributed by atoms with Gasteiger partial charge in [-0.3, -0.25) is 14.8 Å². The molecule has 5 rings (SSSR count). The zero-order chi connectivity index (χ0) is 21.9. The minimum Gasteiger partial charge on any atom is -0.387 e. The summed E-state index contributed by atoms with van der Waals surface area (Å²) in [7, 11) is 0. The fourth-order valence-electron chi connectivity index (χ4n) is 4.74. The van der Waals surface area contributed by atoms with Crippen LogP contribution in [0, 0.1) is 11.8 Å². The van der Waals surface area contributed by atoms with Crippen molar-refractivity contribution < 1.29 is 4.79 Å². The average molecular weight is 428 g/mol. The predicted octanol–water partition coefficient (Wildman–Crippen LogP) is 3.68. The van der Waals surface area contributed by atoms with Gasteiger partial charge in [0.05, 0.1) is 12.1 Å². The number of hydrogen-bond donors (Lipinski definition) is 1. The molecule has 6 heteroatoms. The molecule has 3 aliphatic heterocycles. The number of hydrogen-bond acceptors (Lipinski definition) is 5. The molecule has 1 amide bonds. The lowest BCUT2D eigenvalue weighted by molar-refractivity contribution is -0.127. The molecule has 2 aromatic rings. The van der Waals surface area contributed by atoms with Crippen LogP contribution in [-0.4, -0.2) is 47.1 Å². The molecular formula is C26H29N5O. The number of aliphatic imine (C=N–C) groups is 2. The van der Waals surface area contributed by atoms with Crippen LogP contribution in [0.3, 0.4) is 0 Å². The Hall–Kier alpha value is -3.28. The van der Waals surface area contributed by atoms with Crippen LogP contribution >= 0.6 is 0 Å². The number of nitrogens with two attached hydrogens (primary N) is 1. The van der Waals surface area contributed by atoms with Crippen molar-refractivity contribution in [3.8, 4) is 0 Å². The number of piperidine rings is 1. The summed E-state index contributed by atoms with van der Waals surface area (Å²) in [6, 6.07) is 12.5. The van der Waals surface area contributed by atoms with Gasteiger partial charge >= 0.3 is 0 Å². The lowest BCUT2D eigenvalue weighted by atomic mass is 9.91. The van der Waals surface area contributed by atoms with Gasteiger partial charge < -0.3 is 10.6 Å². The highest BCUT2D eigenvalue weighted by atomic mass is 16.2. The van der Waals surface area contributed by atoms with E-state index in [1.54, 1.807) is 6.08 Å². The summed E-state index contributed by atoms with van der Waals surface area (Å²) in [6.45, 7) is 2.24. The monoisotopic (exact) mass is 427 g/mol. The molecule has 0 unspecified atom stereocenters. The molecule has 2 N–H and O–H groups in total. The summed E-state index contributed by atoms with van der Waals surface area (Å²) in [5, 5.41) is 1.18. The standard InChI is InChI=1S/C26H29N5O/c27-24-9-7-21-15-19(17-28-26(21)30-24)5-10-25(32)31-13-11-18(12-14-31)16-22-8-6-20-3-1-2-4-23(20)29-22/h1-6,8,10,15,18-19H,7,9,11-14,16-17H2,(H2,27,28,30)/b10-5+/t19-/m0/s1. The molecule has 0 saturated carbocycles. The van der Waals surface area contributed by atoms with Gasteiger partial charge in [-0.15, -0.1) is 0 Å². The Morgan fingerprint density at radius 3 is 2.84 bits per heavy atom.